The average Bonchev–Trinajstić information content (AvgIpc) is 2.42. The molecular formula is C7H14IN2-. The first-order valence-corrected chi connectivity index (χ1v) is 6.98. The second-order valence-corrected chi connectivity index (χ2v) is 5.50. The second kappa shape index (κ2) is 2.95. The van der Waals surface area contributed by atoms with Gasteiger partial charge in [0.1, 0.15) is 0 Å². The molecule has 0 aliphatic carbocycles. The maximum atomic E-state index is 3.45. The van der Waals surface area contributed by atoms with E-state index in [9.17, 15) is 0 Å². The summed E-state index contributed by atoms with van der Waals surface area (Å²) in [5.74, 6) is 2.00. The zero-order valence-corrected chi connectivity index (χ0v) is 8.47. The fourth-order valence-corrected chi connectivity index (χ4v) is 3.74. The Morgan fingerprint density at radius 2 is 1.90 bits per heavy atom. The first-order chi connectivity index (χ1) is 4.90. The molecule has 0 radical (unpaired) electrons. The molecular weight excluding hydrogens is 239 g/mol. The van der Waals surface area contributed by atoms with Gasteiger partial charge in [-0.05, 0) is 0 Å². The summed E-state index contributed by atoms with van der Waals surface area (Å²) in [4.78, 5) is 2.37. The summed E-state index contributed by atoms with van der Waals surface area (Å²) in [6.45, 7) is 5.35. The van der Waals surface area contributed by atoms with Gasteiger partial charge < -0.3 is 0 Å². The van der Waals surface area contributed by atoms with Gasteiger partial charge in [-0.1, -0.05) is 0 Å². The molecule has 60 valence electrons. The fourth-order valence-electron chi connectivity index (χ4n) is 1.94. The first-order valence-electron chi connectivity index (χ1n) is 3.85. The van der Waals surface area contributed by atoms with Gasteiger partial charge in [0.15, 0.2) is 0 Å². The molecule has 0 bridgehead atoms. The molecule has 0 spiro atoms. The van der Waals surface area contributed by atoms with Crippen molar-refractivity contribution in [3.8, 4) is 0 Å². The van der Waals surface area contributed by atoms with Crippen molar-refractivity contribution >= 4 is 0 Å². The van der Waals surface area contributed by atoms with E-state index < -0.39 is 0 Å². The van der Waals surface area contributed by atoms with Crippen LogP contribution < -0.4 is 26.8 Å². The van der Waals surface area contributed by atoms with Gasteiger partial charge in [0.25, 0.3) is 0 Å². The number of alkyl halides is 1. The van der Waals surface area contributed by atoms with Gasteiger partial charge in [0.05, 0.1) is 0 Å². The number of hydrogen-bond donors (Lipinski definition) is 1. The molecule has 0 aromatic heterocycles. The molecule has 2 fully saturated rings. The van der Waals surface area contributed by atoms with Crippen LogP contribution in [0.3, 0.4) is 0 Å². The first kappa shape index (κ1) is 7.31. The van der Waals surface area contributed by atoms with Crippen molar-refractivity contribution < 1.29 is 21.5 Å². The van der Waals surface area contributed by atoms with Gasteiger partial charge in [0.2, 0.25) is 0 Å². The standard InChI is InChI=1S/C7H14IN2/c1-8-10-4-6-2-9-3-7(6)5-10/h6-7,9H,2-5H2,1H3/q-1. The Balaban J connectivity index is 1.94. The molecule has 1 N–H and O–H groups in total. The molecule has 2 unspecified atom stereocenters. The monoisotopic (exact) mass is 253 g/mol. The summed E-state index contributed by atoms with van der Waals surface area (Å²) >= 11 is 0.383. The SMILES string of the molecule is C[I-]N1CC2CNCC2C1. The van der Waals surface area contributed by atoms with Crippen LogP contribution in [-0.4, -0.2) is 34.2 Å². The quantitative estimate of drug-likeness (QED) is 0.300. The molecule has 2 saturated heterocycles. The van der Waals surface area contributed by atoms with Crippen molar-refractivity contribution in [2.24, 2.45) is 11.8 Å². The van der Waals surface area contributed by atoms with Crippen LogP contribution in [0, 0.1) is 11.8 Å². The second-order valence-electron chi connectivity index (χ2n) is 3.18. The van der Waals surface area contributed by atoms with Gasteiger partial charge in [0, 0.05) is 0 Å². The summed E-state index contributed by atoms with van der Waals surface area (Å²) < 4.78 is 2.68. The number of fused-ring (bicyclic) bond motifs is 1. The third kappa shape index (κ3) is 1.19. The number of rotatable bonds is 1. The van der Waals surface area contributed by atoms with Gasteiger partial charge in [-0.15, -0.1) is 0 Å². The summed E-state index contributed by atoms with van der Waals surface area (Å²) in [6.07, 6.45) is 0. The molecule has 3 heteroatoms. The van der Waals surface area contributed by atoms with Crippen LogP contribution in [0.1, 0.15) is 0 Å². The van der Waals surface area contributed by atoms with Crippen molar-refractivity contribution in [3.63, 3.8) is 0 Å². The molecule has 0 aromatic rings. The Kier molecular flexibility index (Phi) is 2.15. The fraction of sp³-hybridized carbons (Fsp3) is 1.00. The van der Waals surface area contributed by atoms with Crippen molar-refractivity contribution in [2.45, 2.75) is 0 Å². The normalized spacial score (nSPS) is 40.9. The van der Waals surface area contributed by atoms with Gasteiger partial charge in [-0.2, -0.15) is 0 Å². The maximum absolute atomic E-state index is 3.45. The Labute approximate surface area is 73.0 Å². The van der Waals surface area contributed by atoms with E-state index in [0.29, 0.717) is 21.5 Å². The zero-order chi connectivity index (χ0) is 6.97. The Hall–Kier alpha value is 0.650. The van der Waals surface area contributed by atoms with E-state index in [-0.39, 0.29) is 0 Å². The number of nitrogens with one attached hydrogen (secondary N) is 1. The van der Waals surface area contributed by atoms with Crippen LogP contribution in [0.15, 0.2) is 0 Å². The third-order valence-corrected chi connectivity index (χ3v) is 4.74. The molecule has 2 atom stereocenters. The molecule has 0 amide bonds. The van der Waals surface area contributed by atoms with Crippen LogP contribution >= 0.6 is 0 Å². The van der Waals surface area contributed by atoms with E-state index in [1.54, 1.807) is 0 Å². The Bertz CT molecular complexity index is 117. The Morgan fingerprint density at radius 3 is 2.40 bits per heavy atom. The molecule has 2 aliphatic rings. The predicted octanol–water partition coefficient (Wildman–Crippen LogP) is -3.23. The van der Waals surface area contributed by atoms with Crippen molar-refractivity contribution in [1.29, 1.82) is 0 Å². The minimum absolute atomic E-state index is 0.383. The van der Waals surface area contributed by atoms with E-state index in [1.807, 2.05) is 0 Å². The summed E-state index contributed by atoms with van der Waals surface area (Å²) in [5.41, 5.74) is 0. The summed E-state index contributed by atoms with van der Waals surface area (Å²) in [6, 6.07) is 0. The summed E-state index contributed by atoms with van der Waals surface area (Å²) in [5, 5.41) is 3.45. The van der Waals surface area contributed by atoms with E-state index in [2.05, 4.69) is 13.4 Å². The molecule has 0 saturated carbocycles. The zero-order valence-electron chi connectivity index (χ0n) is 6.31. The molecule has 2 aliphatic heterocycles. The molecule has 10 heavy (non-hydrogen) atoms. The molecule has 2 rings (SSSR count). The van der Waals surface area contributed by atoms with Gasteiger partial charge in [-0.25, -0.2) is 0 Å². The van der Waals surface area contributed by atoms with Crippen molar-refractivity contribution in [2.75, 3.05) is 31.1 Å². The predicted molar refractivity (Wildman–Crippen MR) is 37.3 cm³/mol. The van der Waals surface area contributed by atoms with E-state index >= 15 is 0 Å². The topological polar surface area (TPSA) is 15.3 Å². The number of nitrogens with zero attached hydrogens (tertiary/aromatic N) is 1. The number of hydrogen-bond acceptors (Lipinski definition) is 2. The van der Waals surface area contributed by atoms with E-state index in [4.69, 9.17) is 0 Å². The van der Waals surface area contributed by atoms with E-state index in [0.717, 1.165) is 11.8 Å². The Morgan fingerprint density at radius 1 is 1.30 bits per heavy atom. The van der Waals surface area contributed by atoms with Crippen LogP contribution in [0.2, 0.25) is 0 Å². The van der Waals surface area contributed by atoms with Crippen LogP contribution in [0.5, 0.6) is 0 Å². The van der Waals surface area contributed by atoms with Gasteiger partial charge >= 0.3 is 72.9 Å². The molecule has 2 nitrogen and oxygen atoms in total. The average molecular weight is 253 g/mol. The van der Waals surface area contributed by atoms with E-state index in [1.165, 1.54) is 26.2 Å². The number of halogens is 1. The van der Waals surface area contributed by atoms with Crippen LogP contribution in [0.4, 0.5) is 0 Å². The van der Waals surface area contributed by atoms with Crippen molar-refractivity contribution in [1.82, 2.24) is 8.43 Å². The third-order valence-electron chi connectivity index (χ3n) is 2.58. The van der Waals surface area contributed by atoms with Crippen LogP contribution in [-0.2, 0) is 0 Å². The molecule has 2 heterocycles. The van der Waals surface area contributed by atoms with Gasteiger partial charge in [-0.3, -0.25) is 0 Å². The molecule has 0 aromatic carbocycles. The minimum atomic E-state index is 0.383. The van der Waals surface area contributed by atoms with Crippen molar-refractivity contribution in [3.05, 3.63) is 0 Å². The summed E-state index contributed by atoms with van der Waals surface area (Å²) in [7, 11) is 0. The van der Waals surface area contributed by atoms with Crippen LogP contribution in [0.25, 0.3) is 0 Å².